The third-order valence-electron chi connectivity index (χ3n) is 4.50. The first kappa shape index (κ1) is 19.2. The number of nitrogens with zero attached hydrogens (tertiary/aromatic N) is 1. The number of carbonyl (C=O) groups is 1. The van der Waals surface area contributed by atoms with Crippen LogP contribution in [0.4, 0.5) is 4.39 Å². The topological polar surface area (TPSA) is 65.5 Å². The maximum atomic E-state index is 14.0. The van der Waals surface area contributed by atoms with Crippen LogP contribution in [-0.4, -0.2) is 38.5 Å². The van der Waals surface area contributed by atoms with Gasteiger partial charge in [0.2, 0.25) is 5.91 Å². The molecule has 2 rings (SSSR count). The van der Waals surface area contributed by atoms with Crippen molar-refractivity contribution in [2.45, 2.75) is 39.0 Å². The van der Waals surface area contributed by atoms with Crippen LogP contribution >= 0.6 is 0 Å². The molecule has 1 amide bonds. The molecule has 1 aromatic carbocycles. The highest BCUT2D eigenvalue weighted by atomic mass is 19.1. The molecule has 1 aromatic rings. The minimum Gasteiger partial charge on any atom is -0.356 e. The van der Waals surface area contributed by atoms with Gasteiger partial charge in [0.05, 0.1) is 0 Å². The molecule has 0 unspecified atom stereocenters. The lowest BCUT2D eigenvalue weighted by Gasteiger charge is -2.20. The molecule has 138 valence electrons. The Kier molecular flexibility index (Phi) is 6.03. The number of amides is 1. The third-order valence-corrected chi connectivity index (χ3v) is 4.50. The van der Waals surface area contributed by atoms with Gasteiger partial charge in [-0.05, 0) is 24.5 Å². The molecule has 0 heterocycles. The summed E-state index contributed by atoms with van der Waals surface area (Å²) in [4.78, 5) is 16.0. The van der Waals surface area contributed by atoms with Gasteiger partial charge in [-0.3, -0.25) is 9.79 Å². The van der Waals surface area contributed by atoms with Crippen LogP contribution in [0.1, 0.15) is 39.2 Å². The number of guanidine groups is 1. The number of benzene rings is 1. The normalized spacial score (nSPS) is 16.3. The maximum Gasteiger partial charge on any atom is 0.225 e. The molecule has 1 saturated carbocycles. The second-order valence-corrected chi connectivity index (χ2v) is 7.62. The summed E-state index contributed by atoms with van der Waals surface area (Å²) < 4.78 is 14.0. The molecule has 0 aliphatic heterocycles. The van der Waals surface area contributed by atoms with Gasteiger partial charge in [-0.2, -0.15) is 0 Å². The highest BCUT2D eigenvalue weighted by Gasteiger charge is 2.45. The largest absolute Gasteiger partial charge is 0.356 e. The van der Waals surface area contributed by atoms with Crippen molar-refractivity contribution in [1.29, 1.82) is 0 Å². The Hall–Kier alpha value is -2.11. The Morgan fingerprint density at radius 1 is 1.16 bits per heavy atom. The highest BCUT2D eigenvalue weighted by molar-refractivity contribution is 5.82. The number of aliphatic imine (C=N–C) groups is 1. The molecule has 0 aromatic heterocycles. The van der Waals surface area contributed by atoms with Crippen LogP contribution in [0.15, 0.2) is 29.3 Å². The van der Waals surface area contributed by atoms with Crippen molar-refractivity contribution >= 4 is 11.9 Å². The SMILES string of the molecule is CN=C(NCCNC(=O)C(C)(C)C)NCC1(c2ccccc2F)CC1. The molecule has 5 nitrogen and oxygen atoms in total. The van der Waals surface area contributed by atoms with Crippen molar-refractivity contribution < 1.29 is 9.18 Å². The van der Waals surface area contributed by atoms with Crippen molar-refractivity contribution in [3.63, 3.8) is 0 Å². The quantitative estimate of drug-likeness (QED) is 0.419. The fraction of sp³-hybridized carbons (Fsp3) is 0.579. The molecule has 0 radical (unpaired) electrons. The molecule has 0 atom stereocenters. The lowest BCUT2D eigenvalue weighted by Crippen LogP contribution is -2.45. The second kappa shape index (κ2) is 7.85. The Bertz CT molecular complexity index is 633. The first-order valence-electron chi connectivity index (χ1n) is 8.76. The van der Waals surface area contributed by atoms with Crippen LogP contribution in [0.3, 0.4) is 0 Å². The minimum atomic E-state index is -0.391. The number of hydrogen-bond acceptors (Lipinski definition) is 2. The van der Waals surface area contributed by atoms with E-state index in [-0.39, 0.29) is 17.1 Å². The van der Waals surface area contributed by atoms with E-state index in [1.54, 1.807) is 13.1 Å². The Morgan fingerprint density at radius 3 is 2.36 bits per heavy atom. The first-order valence-corrected chi connectivity index (χ1v) is 8.76. The van der Waals surface area contributed by atoms with E-state index in [4.69, 9.17) is 0 Å². The fourth-order valence-corrected chi connectivity index (χ4v) is 2.68. The zero-order valence-electron chi connectivity index (χ0n) is 15.6. The van der Waals surface area contributed by atoms with Gasteiger partial charge in [0, 0.05) is 37.5 Å². The molecule has 1 fully saturated rings. The van der Waals surface area contributed by atoms with Gasteiger partial charge in [-0.25, -0.2) is 4.39 Å². The first-order chi connectivity index (χ1) is 11.8. The highest BCUT2D eigenvalue weighted by Crippen LogP contribution is 2.48. The Morgan fingerprint density at radius 2 is 1.80 bits per heavy atom. The Labute approximate surface area is 149 Å². The average molecular weight is 348 g/mol. The number of rotatable bonds is 6. The van der Waals surface area contributed by atoms with Crippen LogP contribution in [0.5, 0.6) is 0 Å². The fourth-order valence-electron chi connectivity index (χ4n) is 2.68. The average Bonchev–Trinajstić information content (AvgIpc) is 3.34. The molecule has 3 N–H and O–H groups in total. The van der Waals surface area contributed by atoms with E-state index in [1.807, 2.05) is 32.9 Å². The van der Waals surface area contributed by atoms with E-state index >= 15 is 0 Å². The molecule has 1 aliphatic rings. The van der Waals surface area contributed by atoms with Crippen LogP contribution in [0.25, 0.3) is 0 Å². The standard InChI is InChI=1S/C19H29FN4O/c1-18(2,3)16(25)22-11-12-23-17(21-4)24-13-19(9-10-19)14-7-5-6-8-15(14)20/h5-8H,9-13H2,1-4H3,(H,22,25)(H2,21,23,24). The summed E-state index contributed by atoms with van der Waals surface area (Å²) in [6.07, 6.45) is 1.94. The zero-order valence-corrected chi connectivity index (χ0v) is 15.6. The zero-order chi connectivity index (χ0) is 18.5. The molecule has 0 bridgehead atoms. The third kappa shape index (κ3) is 5.18. The summed E-state index contributed by atoms with van der Waals surface area (Å²) in [5, 5.41) is 9.34. The van der Waals surface area contributed by atoms with Gasteiger partial charge in [-0.15, -0.1) is 0 Å². The predicted molar refractivity (Wildman–Crippen MR) is 99.1 cm³/mol. The van der Waals surface area contributed by atoms with Crippen LogP contribution in [-0.2, 0) is 10.2 Å². The number of halogens is 1. The van der Waals surface area contributed by atoms with Crippen molar-refractivity contribution in [3.05, 3.63) is 35.6 Å². The summed E-state index contributed by atoms with van der Waals surface area (Å²) >= 11 is 0. The van der Waals surface area contributed by atoms with E-state index < -0.39 is 5.41 Å². The van der Waals surface area contributed by atoms with Gasteiger partial charge >= 0.3 is 0 Å². The van der Waals surface area contributed by atoms with E-state index in [2.05, 4.69) is 20.9 Å². The summed E-state index contributed by atoms with van der Waals surface area (Å²) in [6, 6.07) is 6.97. The van der Waals surface area contributed by atoms with Crippen molar-refractivity contribution in [2.24, 2.45) is 10.4 Å². The van der Waals surface area contributed by atoms with Crippen molar-refractivity contribution in [1.82, 2.24) is 16.0 Å². The maximum absolute atomic E-state index is 14.0. The monoisotopic (exact) mass is 348 g/mol. The van der Waals surface area contributed by atoms with Gasteiger partial charge in [-0.1, -0.05) is 39.0 Å². The van der Waals surface area contributed by atoms with Gasteiger partial charge in [0.15, 0.2) is 5.96 Å². The minimum absolute atomic E-state index is 0.0220. The van der Waals surface area contributed by atoms with Gasteiger partial charge < -0.3 is 16.0 Å². The molecule has 0 saturated heterocycles. The summed E-state index contributed by atoms with van der Waals surface area (Å²) in [5.74, 6) is 0.538. The van der Waals surface area contributed by atoms with Crippen molar-refractivity contribution in [2.75, 3.05) is 26.7 Å². The summed E-state index contributed by atoms with van der Waals surface area (Å²) in [7, 11) is 1.70. The number of nitrogens with one attached hydrogen (secondary N) is 3. The molecule has 25 heavy (non-hydrogen) atoms. The molecule has 1 aliphatic carbocycles. The number of hydrogen-bond donors (Lipinski definition) is 3. The van der Waals surface area contributed by atoms with Gasteiger partial charge in [0.1, 0.15) is 5.82 Å². The van der Waals surface area contributed by atoms with Crippen LogP contribution in [0, 0.1) is 11.2 Å². The van der Waals surface area contributed by atoms with Crippen molar-refractivity contribution in [3.8, 4) is 0 Å². The number of carbonyl (C=O) groups excluding carboxylic acids is 1. The lowest BCUT2D eigenvalue weighted by molar-refractivity contribution is -0.128. The van der Waals surface area contributed by atoms with E-state index in [0.29, 0.717) is 25.6 Å². The molecule has 6 heteroatoms. The molecular weight excluding hydrogens is 319 g/mol. The predicted octanol–water partition coefficient (Wildman–Crippen LogP) is 2.18. The van der Waals surface area contributed by atoms with Crippen LogP contribution < -0.4 is 16.0 Å². The summed E-state index contributed by atoms with van der Waals surface area (Å²) in [5.41, 5.74) is 0.247. The van der Waals surface area contributed by atoms with E-state index in [9.17, 15) is 9.18 Å². The molecular formula is C19H29FN4O. The lowest BCUT2D eigenvalue weighted by atomic mass is 9.95. The summed E-state index contributed by atoms with van der Waals surface area (Å²) in [6.45, 7) is 7.39. The van der Waals surface area contributed by atoms with Crippen LogP contribution in [0.2, 0.25) is 0 Å². The van der Waals surface area contributed by atoms with E-state index in [1.165, 1.54) is 6.07 Å². The van der Waals surface area contributed by atoms with E-state index in [0.717, 1.165) is 18.4 Å². The Balaban J connectivity index is 1.78. The smallest absolute Gasteiger partial charge is 0.225 e. The molecule has 0 spiro atoms. The van der Waals surface area contributed by atoms with Gasteiger partial charge in [0.25, 0.3) is 0 Å². The second-order valence-electron chi connectivity index (χ2n) is 7.62.